The first-order chi connectivity index (χ1) is 10.0. The Bertz CT molecular complexity index is 593. The van der Waals surface area contributed by atoms with Crippen LogP contribution in [0.15, 0.2) is 48.5 Å². The number of carbonyl (C=O) groups is 1. The summed E-state index contributed by atoms with van der Waals surface area (Å²) in [6, 6.07) is 13.4. The molecular formula is C17H18FNO2. The van der Waals surface area contributed by atoms with Crippen molar-refractivity contribution in [3.8, 4) is 5.75 Å². The van der Waals surface area contributed by atoms with Gasteiger partial charge in [-0.3, -0.25) is 4.79 Å². The van der Waals surface area contributed by atoms with E-state index in [-0.39, 0.29) is 24.4 Å². The van der Waals surface area contributed by atoms with Gasteiger partial charge in [-0.2, -0.15) is 0 Å². The van der Waals surface area contributed by atoms with E-state index in [1.165, 1.54) is 12.1 Å². The first-order valence-electron chi connectivity index (χ1n) is 6.79. The minimum atomic E-state index is -0.292. The van der Waals surface area contributed by atoms with Crippen molar-refractivity contribution in [3.05, 3.63) is 65.5 Å². The third kappa shape index (κ3) is 4.60. The predicted molar refractivity (Wildman–Crippen MR) is 79.6 cm³/mol. The zero-order chi connectivity index (χ0) is 15.2. The van der Waals surface area contributed by atoms with Gasteiger partial charge in [0.25, 0.3) is 5.91 Å². The van der Waals surface area contributed by atoms with Crippen LogP contribution in [0, 0.1) is 12.7 Å². The molecule has 2 rings (SSSR count). The number of carbonyl (C=O) groups excluding carboxylic acids is 1. The average Bonchev–Trinajstić information content (AvgIpc) is 2.47. The Morgan fingerprint density at radius 1 is 1.14 bits per heavy atom. The molecular weight excluding hydrogens is 269 g/mol. The summed E-state index contributed by atoms with van der Waals surface area (Å²) in [5.41, 5.74) is 1.98. The normalized spacial score (nSPS) is 11.8. The summed E-state index contributed by atoms with van der Waals surface area (Å²) in [6.07, 6.45) is 0. The molecule has 3 nitrogen and oxygen atoms in total. The second kappa shape index (κ2) is 6.88. The first kappa shape index (κ1) is 15.0. The van der Waals surface area contributed by atoms with E-state index in [1.54, 1.807) is 12.1 Å². The van der Waals surface area contributed by atoms with Crippen LogP contribution >= 0.6 is 0 Å². The Hall–Kier alpha value is -2.36. The topological polar surface area (TPSA) is 38.3 Å². The van der Waals surface area contributed by atoms with Gasteiger partial charge in [0.1, 0.15) is 11.6 Å². The van der Waals surface area contributed by atoms with Gasteiger partial charge in [-0.15, -0.1) is 0 Å². The minimum absolute atomic E-state index is 0.0470. The Kier molecular flexibility index (Phi) is 4.93. The van der Waals surface area contributed by atoms with Crippen LogP contribution in [0.2, 0.25) is 0 Å². The SMILES string of the molecule is Cc1ccc(OCC(=O)NC(C)c2ccc(F)cc2)cc1. The zero-order valence-electron chi connectivity index (χ0n) is 12.1. The molecule has 0 aromatic heterocycles. The van der Waals surface area contributed by atoms with Crippen molar-refractivity contribution in [1.82, 2.24) is 5.32 Å². The number of aryl methyl sites for hydroxylation is 1. The molecule has 1 unspecified atom stereocenters. The maximum Gasteiger partial charge on any atom is 0.258 e. The summed E-state index contributed by atoms with van der Waals surface area (Å²) in [5.74, 6) is 0.151. The largest absolute Gasteiger partial charge is 0.484 e. The van der Waals surface area contributed by atoms with Crippen molar-refractivity contribution in [2.45, 2.75) is 19.9 Å². The van der Waals surface area contributed by atoms with Crippen molar-refractivity contribution in [2.24, 2.45) is 0 Å². The Balaban J connectivity index is 1.83. The lowest BCUT2D eigenvalue weighted by atomic mass is 10.1. The summed E-state index contributed by atoms with van der Waals surface area (Å²) in [4.78, 5) is 11.8. The number of ether oxygens (including phenoxy) is 1. The van der Waals surface area contributed by atoms with Crippen molar-refractivity contribution in [3.63, 3.8) is 0 Å². The van der Waals surface area contributed by atoms with Gasteiger partial charge in [0.05, 0.1) is 6.04 Å². The highest BCUT2D eigenvalue weighted by molar-refractivity contribution is 5.78. The number of amides is 1. The Labute approximate surface area is 123 Å². The number of benzene rings is 2. The van der Waals surface area contributed by atoms with E-state index in [0.29, 0.717) is 5.75 Å². The zero-order valence-corrected chi connectivity index (χ0v) is 12.1. The standard InChI is InChI=1S/C17H18FNO2/c1-12-3-9-16(10-4-12)21-11-17(20)19-13(2)14-5-7-15(18)8-6-14/h3-10,13H,11H2,1-2H3,(H,19,20). The number of halogens is 1. The molecule has 0 fully saturated rings. The molecule has 1 N–H and O–H groups in total. The second-order valence-electron chi connectivity index (χ2n) is 4.94. The van der Waals surface area contributed by atoms with Gasteiger partial charge in [0.15, 0.2) is 6.61 Å². The van der Waals surface area contributed by atoms with Gasteiger partial charge in [0.2, 0.25) is 0 Å². The lowest BCUT2D eigenvalue weighted by Gasteiger charge is -2.14. The molecule has 0 bridgehead atoms. The third-order valence-corrected chi connectivity index (χ3v) is 3.14. The van der Waals surface area contributed by atoms with E-state index >= 15 is 0 Å². The van der Waals surface area contributed by atoms with E-state index in [0.717, 1.165) is 11.1 Å². The average molecular weight is 287 g/mol. The Morgan fingerprint density at radius 3 is 2.38 bits per heavy atom. The molecule has 0 heterocycles. The molecule has 2 aromatic carbocycles. The molecule has 1 amide bonds. The first-order valence-corrected chi connectivity index (χ1v) is 6.79. The molecule has 0 aliphatic carbocycles. The molecule has 0 aliphatic rings. The van der Waals surface area contributed by atoms with Crippen LogP contribution in [-0.4, -0.2) is 12.5 Å². The molecule has 0 spiro atoms. The lowest BCUT2D eigenvalue weighted by molar-refractivity contribution is -0.123. The highest BCUT2D eigenvalue weighted by Crippen LogP contribution is 2.13. The molecule has 2 aromatic rings. The number of hydrogen-bond donors (Lipinski definition) is 1. The number of rotatable bonds is 5. The van der Waals surface area contributed by atoms with Gasteiger partial charge in [-0.1, -0.05) is 29.8 Å². The van der Waals surface area contributed by atoms with E-state index in [1.807, 2.05) is 38.1 Å². The Morgan fingerprint density at radius 2 is 1.76 bits per heavy atom. The van der Waals surface area contributed by atoms with Gasteiger partial charge in [-0.05, 0) is 43.7 Å². The summed E-state index contributed by atoms with van der Waals surface area (Å²) in [7, 11) is 0. The fourth-order valence-electron chi connectivity index (χ4n) is 1.90. The van der Waals surface area contributed by atoms with E-state index in [2.05, 4.69) is 5.32 Å². The maximum absolute atomic E-state index is 12.8. The summed E-state index contributed by atoms with van der Waals surface area (Å²) >= 11 is 0. The van der Waals surface area contributed by atoms with Crippen LogP contribution in [0.5, 0.6) is 5.75 Å². The van der Waals surface area contributed by atoms with Crippen LogP contribution in [0.3, 0.4) is 0 Å². The summed E-state index contributed by atoms with van der Waals surface area (Å²) < 4.78 is 18.2. The fraction of sp³-hybridized carbons (Fsp3) is 0.235. The second-order valence-corrected chi connectivity index (χ2v) is 4.94. The molecule has 0 radical (unpaired) electrons. The van der Waals surface area contributed by atoms with Crippen LogP contribution in [-0.2, 0) is 4.79 Å². The molecule has 4 heteroatoms. The molecule has 110 valence electrons. The van der Waals surface area contributed by atoms with Crippen molar-refractivity contribution in [1.29, 1.82) is 0 Å². The lowest BCUT2D eigenvalue weighted by Crippen LogP contribution is -2.31. The predicted octanol–water partition coefficient (Wildman–Crippen LogP) is 3.39. The monoisotopic (exact) mass is 287 g/mol. The van der Waals surface area contributed by atoms with Gasteiger partial charge in [-0.25, -0.2) is 4.39 Å². The summed E-state index contributed by atoms with van der Waals surface area (Å²) in [5, 5.41) is 2.81. The van der Waals surface area contributed by atoms with Crippen molar-refractivity contribution in [2.75, 3.05) is 6.61 Å². The smallest absolute Gasteiger partial charge is 0.258 e. The molecule has 0 saturated heterocycles. The van der Waals surface area contributed by atoms with Crippen molar-refractivity contribution < 1.29 is 13.9 Å². The van der Waals surface area contributed by atoms with Crippen LogP contribution in [0.4, 0.5) is 4.39 Å². The van der Waals surface area contributed by atoms with Gasteiger partial charge >= 0.3 is 0 Å². The molecule has 21 heavy (non-hydrogen) atoms. The van der Waals surface area contributed by atoms with E-state index in [9.17, 15) is 9.18 Å². The maximum atomic E-state index is 12.8. The van der Waals surface area contributed by atoms with Crippen LogP contribution in [0.25, 0.3) is 0 Å². The van der Waals surface area contributed by atoms with Gasteiger partial charge in [0, 0.05) is 0 Å². The minimum Gasteiger partial charge on any atom is -0.484 e. The van der Waals surface area contributed by atoms with Gasteiger partial charge < -0.3 is 10.1 Å². The number of nitrogens with one attached hydrogen (secondary N) is 1. The molecule has 1 atom stereocenters. The van der Waals surface area contributed by atoms with Crippen molar-refractivity contribution >= 4 is 5.91 Å². The fourth-order valence-corrected chi connectivity index (χ4v) is 1.90. The highest BCUT2D eigenvalue weighted by atomic mass is 19.1. The third-order valence-electron chi connectivity index (χ3n) is 3.14. The van der Waals surface area contributed by atoms with E-state index < -0.39 is 0 Å². The molecule has 0 saturated carbocycles. The summed E-state index contributed by atoms with van der Waals surface area (Å²) in [6.45, 7) is 3.78. The quantitative estimate of drug-likeness (QED) is 0.915. The highest BCUT2D eigenvalue weighted by Gasteiger charge is 2.10. The van der Waals surface area contributed by atoms with E-state index in [4.69, 9.17) is 4.74 Å². The number of hydrogen-bond acceptors (Lipinski definition) is 2. The van der Waals surface area contributed by atoms with Crippen LogP contribution < -0.4 is 10.1 Å². The molecule has 0 aliphatic heterocycles. The van der Waals surface area contributed by atoms with Crippen LogP contribution in [0.1, 0.15) is 24.1 Å².